The van der Waals surface area contributed by atoms with Crippen LogP contribution < -0.4 is 4.74 Å². The summed E-state index contributed by atoms with van der Waals surface area (Å²) in [6, 6.07) is 17.6. The van der Waals surface area contributed by atoms with Crippen molar-refractivity contribution in [2.45, 2.75) is 10.9 Å². The fraction of sp³-hybridized carbons (Fsp3) is 0.105. The highest BCUT2D eigenvalue weighted by molar-refractivity contribution is 7.98. The van der Waals surface area contributed by atoms with Gasteiger partial charge in [-0.1, -0.05) is 42.1 Å². The van der Waals surface area contributed by atoms with Crippen molar-refractivity contribution in [3.05, 3.63) is 66.7 Å². The van der Waals surface area contributed by atoms with E-state index in [1.165, 1.54) is 11.8 Å². The molecule has 7 heteroatoms. The van der Waals surface area contributed by atoms with E-state index in [9.17, 15) is 0 Å². The Morgan fingerprint density at radius 3 is 2.58 bits per heavy atom. The first-order chi connectivity index (χ1) is 12.8. The molecule has 2 aromatic heterocycles. The third-order valence-electron chi connectivity index (χ3n) is 3.77. The number of hydrogen-bond acceptors (Lipinski definition) is 6. The van der Waals surface area contributed by atoms with Gasteiger partial charge in [-0.3, -0.25) is 0 Å². The third-order valence-corrected chi connectivity index (χ3v) is 4.65. The maximum Gasteiger partial charge on any atom is 0.247 e. The number of nitrogens with zero attached hydrogens (tertiary/aromatic N) is 3. The number of H-pyrrole nitrogens is 1. The summed E-state index contributed by atoms with van der Waals surface area (Å²) in [5, 5.41) is 9.02. The van der Waals surface area contributed by atoms with Gasteiger partial charge in [-0.2, -0.15) is 0 Å². The standard InChI is InChI=1S/C19H16N4O2S/c1-24-15-9-7-14(8-10-15)18-23-22-17(25-18)12-26-19-20-11-16(21-19)13-5-3-2-4-6-13/h2-11H,12H2,1H3,(H,20,21). The lowest BCUT2D eigenvalue weighted by atomic mass is 10.2. The number of thioether (sulfide) groups is 1. The minimum absolute atomic E-state index is 0.493. The Balaban J connectivity index is 1.41. The van der Waals surface area contributed by atoms with Gasteiger partial charge < -0.3 is 14.1 Å². The first kappa shape index (κ1) is 16.4. The number of nitrogens with one attached hydrogen (secondary N) is 1. The van der Waals surface area contributed by atoms with E-state index in [-0.39, 0.29) is 0 Å². The van der Waals surface area contributed by atoms with E-state index < -0.39 is 0 Å². The fourth-order valence-corrected chi connectivity index (χ4v) is 3.12. The van der Waals surface area contributed by atoms with Crippen LogP contribution in [0.4, 0.5) is 0 Å². The van der Waals surface area contributed by atoms with E-state index in [0.717, 1.165) is 27.7 Å². The second-order valence-corrected chi connectivity index (χ2v) is 6.45. The first-order valence-electron chi connectivity index (χ1n) is 8.02. The molecule has 0 saturated heterocycles. The molecule has 0 unspecified atom stereocenters. The molecule has 0 radical (unpaired) electrons. The fourth-order valence-electron chi connectivity index (χ4n) is 2.43. The summed E-state index contributed by atoms with van der Waals surface area (Å²) in [6.45, 7) is 0. The lowest BCUT2D eigenvalue weighted by Gasteiger charge is -1.99. The minimum Gasteiger partial charge on any atom is -0.497 e. The lowest BCUT2D eigenvalue weighted by molar-refractivity contribution is 0.415. The van der Waals surface area contributed by atoms with E-state index in [1.807, 2.05) is 60.8 Å². The Labute approximate surface area is 154 Å². The number of aromatic nitrogens is 4. The van der Waals surface area contributed by atoms with Crippen molar-refractivity contribution in [1.29, 1.82) is 0 Å². The van der Waals surface area contributed by atoms with Gasteiger partial charge in [-0.25, -0.2) is 4.98 Å². The zero-order valence-electron chi connectivity index (χ0n) is 14.0. The van der Waals surface area contributed by atoms with Gasteiger partial charge in [0.05, 0.1) is 24.8 Å². The van der Waals surface area contributed by atoms with Gasteiger partial charge >= 0.3 is 0 Å². The van der Waals surface area contributed by atoms with Crippen LogP contribution in [0.2, 0.25) is 0 Å². The van der Waals surface area contributed by atoms with Crippen molar-refractivity contribution in [2.24, 2.45) is 0 Å². The van der Waals surface area contributed by atoms with Crippen LogP contribution in [0.25, 0.3) is 22.7 Å². The van der Waals surface area contributed by atoms with Crippen LogP contribution in [-0.4, -0.2) is 27.3 Å². The lowest BCUT2D eigenvalue weighted by Crippen LogP contribution is -1.82. The normalized spacial score (nSPS) is 10.8. The molecule has 4 aromatic rings. The van der Waals surface area contributed by atoms with Crippen LogP contribution in [0.1, 0.15) is 5.89 Å². The van der Waals surface area contributed by atoms with E-state index >= 15 is 0 Å². The van der Waals surface area contributed by atoms with Gasteiger partial charge in [0.25, 0.3) is 0 Å². The van der Waals surface area contributed by atoms with E-state index in [2.05, 4.69) is 20.2 Å². The predicted molar refractivity (Wildman–Crippen MR) is 99.9 cm³/mol. The molecule has 2 heterocycles. The van der Waals surface area contributed by atoms with Crippen LogP contribution in [0, 0.1) is 0 Å². The van der Waals surface area contributed by atoms with E-state index in [1.54, 1.807) is 7.11 Å². The number of methoxy groups -OCH3 is 1. The molecule has 0 spiro atoms. The molecule has 0 aliphatic heterocycles. The van der Waals surface area contributed by atoms with Crippen LogP contribution in [0.3, 0.4) is 0 Å². The zero-order chi connectivity index (χ0) is 17.8. The maximum atomic E-state index is 5.73. The molecule has 4 rings (SSSR count). The topological polar surface area (TPSA) is 76.8 Å². The van der Waals surface area contributed by atoms with Gasteiger partial charge in [-0.15, -0.1) is 10.2 Å². The summed E-state index contributed by atoms with van der Waals surface area (Å²) < 4.78 is 10.9. The summed E-state index contributed by atoms with van der Waals surface area (Å²) >= 11 is 1.52. The zero-order valence-corrected chi connectivity index (χ0v) is 14.9. The molecule has 130 valence electrons. The second kappa shape index (κ2) is 7.45. The minimum atomic E-state index is 0.493. The van der Waals surface area contributed by atoms with Crippen LogP contribution in [-0.2, 0) is 5.75 Å². The third kappa shape index (κ3) is 3.62. The number of hydrogen-bond donors (Lipinski definition) is 1. The molecule has 6 nitrogen and oxygen atoms in total. The SMILES string of the molecule is COc1ccc(-c2nnc(CSc3ncc(-c4ccccc4)[nH]3)o2)cc1. The molecule has 0 fully saturated rings. The van der Waals surface area contributed by atoms with Gasteiger partial charge in [-0.05, 0) is 29.8 Å². The van der Waals surface area contributed by atoms with Crippen LogP contribution >= 0.6 is 11.8 Å². The summed E-state index contributed by atoms with van der Waals surface area (Å²) in [7, 11) is 1.63. The van der Waals surface area contributed by atoms with E-state index in [4.69, 9.17) is 9.15 Å². The Bertz CT molecular complexity index is 980. The summed E-state index contributed by atoms with van der Waals surface area (Å²) in [5.74, 6) is 2.38. The highest BCUT2D eigenvalue weighted by Gasteiger charge is 2.10. The smallest absolute Gasteiger partial charge is 0.247 e. The quantitative estimate of drug-likeness (QED) is 0.510. The van der Waals surface area contributed by atoms with Gasteiger partial charge in [0, 0.05) is 5.56 Å². The molecule has 0 aliphatic rings. The molecule has 0 saturated carbocycles. The van der Waals surface area contributed by atoms with Crippen molar-refractivity contribution in [3.8, 4) is 28.5 Å². The monoisotopic (exact) mass is 364 g/mol. The Morgan fingerprint density at radius 2 is 1.81 bits per heavy atom. The highest BCUT2D eigenvalue weighted by atomic mass is 32.2. The Kier molecular flexibility index (Phi) is 4.70. The van der Waals surface area contributed by atoms with Crippen LogP contribution in [0.15, 0.2) is 70.4 Å². The van der Waals surface area contributed by atoms with Gasteiger partial charge in [0.15, 0.2) is 5.16 Å². The maximum absolute atomic E-state index is 5.73. The largest absolute Gasteiger partial charge is 0.497 e. The molecular weight excluding hydrogens is 348 g/mol. The molecule has 26 heavy (non-hydrogen) atoms. The molecule has 0 aliphatic carbocycles. The summed E-state index contributed by atoms with van der Waals surface area (Å²) in [6.07, 6.45) is 1.83. The molecule has 0 atom stereocenters. The van der Waals surface area contributed by atoms with Crippen molar-refractivity contribution in [1.82, 2.24) is 20.2 Å². The number of rotatable bonds is 6. The predicted octanol–water partition coefficient (Wildman–Crippen LogP) is 4.43. The summed E-state index contributed by atoms with van der Waals surface area (Å²) in [4.78, 5) is 7.69. The highest BCUT2D eigenvalue weighted by Crippen LogP contribution is 2.26. The van der Waals surface area contributed by atoms with Gasteiger partial charge in [0.2, 0.25) is 11.8 Å². The average Bonchev–Trinajstić information content (AvgIpc) is 3.37. The molecule has 2 aromatic carbocycles. The Hall–Kier alpha value is -3.06. The summed E-state index contributed by atoms with van der Waals surface area (Å²) in [5.41, 5.74) is 2.95. The van der Waals surface area contributed by atoms with Gasteiger partial charge in [0.1, 0.15) is 5.75 Å². The first-order valence-corrected chi connectivity index (χ1v) is 9.00. The number of benzene rings is 2. The molecule has 0 bridgehead atoms. The number of imidazole rings is 1. The molecular formula is C19H16N4O2S. The Morgan fingerprint density at radius 1 is 1.00 bits per heavy atom. The van der Waals surface area contributed by atoms with Crippen molar-refractivity contribution in [3.63, 3.8) is 0 Å². The molecule has 0 amide bonds. The average molecular weight is 364 g/mol. The van der Waals surface area contributed by atoms with Crippen molar-refractivity contribution < 1.29 is 9.15 Å². The van der Waals surface area contributed by atoms with Crippen molar-refractivity contribution in [2.75, 3.05) is 7.11 Å². The van der Waals surface area contributed by atoms with Crippen LogP contribution in [0.5, 0.6) is 5.75 Å². The van der Waals surface area contributed by atoms with Crippen molar-refractivity contribution >= 4 is 11.8 Å². The molecule has 1 N–H and O–H groups in total. The number of ether oxygens (including phenoxy) is 1. The van der Waals surface area contributed by atoms with E-state index in [0.29, 0.717) is 17.5 Å². The number of aromatic amines is 1. The second-order valence-electron chi connectivity index (χ2n) is 5.49.